The van der Waals surface area contributed by atoms with Gasteiger partial charge in [0.1, 0.15) is 36.8 Å². The number of nitrogens with zero attached hydrogens (tertiary/aromatic N) is 1. The van der Waals surface area contributed by atoms with Gasteiger partial charge in [0.05, 0.1) is 14.2 Å². The summed E-state index contributed by atoms with van der Waals surface area (Å²) in [7, 11) is 2.74. The number of aliphatic hydroxyl groups is 3. The highest BCUT2D eigenvalue weighted by Gasteiger charge is 2.46. The highest BCUT2D eigenvalue weighted by Crippen LogP contribution is 2.29. The van der Waals surface area contributed by atoms with Crippen LogP contribution >= 0.6 is 0 Å². The fraction of sp³-hybridized carbons (Fsp3) is 0.478. The minimum absolute atomic E-state index is 0.226. The maximum atomic E-state index is 11.3. The van der Waals surface area contributed by atoms with E-state index < -0.39 is 43.5 Å². The first-order chi connectivity index (χ1) is 15.7. The summed E-state index contributed by atoms with van der Waals surface area (Å²) >= 11 is 0. The van der Waals surface area contributed by atoms with Crippen LogP contribution in [0.3, 0.4) is 0 Å². The third-order valence-electron chi connectivity index (χ3n) is 5.41. The number of carbonyl (C=O) groups is 1. The van der Waals surface area contributed by atoms with Gasteiger partial charge < -0.3 is 39.0 Å². The van der Waals surface area contributed by atoms with Crippen LogP contribution < -0.4 is 9.47 Å². The lowest BCUT2D eigenvalue weighted by Gasteiger charge is -2.39. The van der Waals surface area contributed by atoms with Gasteiger partial charge >= 0.3 is 6.16 Å². The molecule has 0 aliphatic carbocycles. The zero-order valence-corrected chi connectivity index (χ0v) is 18.9. The number of hydrogen-bond donors (Lipinski definition) is 3. The van der Waals surface area contributed by atoms with E-state index in [-0.39, 0.29) is 5.88 Å². The molecule has 0 bridgehead atoms. The molecule has 33 heavy (non-hydrogen) atoms. The first-order valence-corrected chi connectivity index (χ1v) is 10.4. The third-order valence-corrected chi connectivity index (χ3v) is 5.41. The van der Waals surface area contributed by atoms with Crippen molar-refractivity contribution in [2.24, 2.45) is 0 Å². The quantitative estimate of drug-likeness (QED) is 0.515. The monoisotopic (exact) mass is 463 g/mol. The lowest BCUT2D eigenvalue weighted by atomic mass is 9.99. The Kier molecular flexibility index (Phi) is 8.09. The summed E-state index contributed by atoms with van der Waals surface area (Å²) in [4.78, 5) is 15.7. The van der Waals surface area contributed by atoms with Crippen molar-refractivity contribution in [3.05, 3.63) is 52.7 Å². The first kappa shape index (κ1) is 24.7. The van der Waals surface area contributed by atoms with E-state index in [1.807, 2.05) is 37.3 Å². The van der Waals surface area contributed by atoms with E-state index in [2.05, 4.69) is 9.72 Å². The number of ether oxygens (including phenoxy) is 5. The van der Waals surface area contributed by atoms with E-state index in [4.69, 9.17) is 18.9 Å². The number of methoxy groups -OCH3 is 2. The molecule has 180 valence electrons. The highest BCUT2D eigenvalue weighted by atomic mass is 16.7. The second-order valence-corrected chi connectivity index (χ2v) is 7.79. The van der Waals surface area contributed by atoms with Gasteiger partial charge in [0, 0.05) is 17.7 Å². The maximum absolute atomic E-state index is 11.3. The maximum Gasteiger partial charge on any atom is 0.508 e. The molecule has 0 unspecified atom stereocenters. The highest BCUT2D eigenvalue weighted by molar-refractivity contribution is 5.59. The van der Waals surface area contributed by atoms with Gasteiger partial charge in [0.25, 0.3) is 0 Å². The van der Waals surface area contributed by atoms with Gasteiger partial charge in [-0.3, -0.25) is 0 Å². The van der Waals surface area contributed by atoms with E-state index >= 15 is 0 Å². The van der Waals surface area contributed by atoms with E-state index in [1.165, 1.54) is 0 Å². The van der Waals surface area contributed by atoms with Gasteiger partial charge in [-0.2, -0.15) is 0 Å². The second-order valence-electron chi connectivity index (χ2n) is 7.79. The second kappa shape index (κ2) is 10.8. The van der Waals surface area contributed by atoms with Gasteiger partial charge in [-0.05, 0) is 43.2 Å². The van der Waals surface area contributed by atoms with Crippen LogP contribution in [0.25, 0.3) is 0 Å². The molecular weight excluding hydrogens is 434 g/mol. The Bertz CT molecular complexity index is 950. The summed E-state index contributed by atoms with van der Waals surface area (Å²) in [6, 6.07) is 9.47. The lowest BCUT2D eigenvalue weighted by molar-refractivity contribution is -0.278. The van der Waals surface area contributed by atoms with Gasteiger partial charge in [0.15, 0.2) is 0 Å². The Labute approximate surface area is 191 Å². The molecule has 1 aromatic heterocycles. The predicted octanol–water partition coefficient (Wildman–Crippen LogP) is 1.27. The summed E-state index contributed by atoms with van der Waals surface area (Å²) in [5.41, 5.74) is 3.37. The molecule has 5 atom stereocenters. The van der Waals surface area contributed by atoms with Crippen LogP contribution in [-0.4, -0.2) is 78.0 Å². The molecule has 3 rings (SSSR count). The normalized spacial score (nSPS) is 24.8. The number of pyridine rings is 1. The molecule has 10 nitrogen and oxygen atoms in total. The smallest absolute Gasteiger partial charge is 0.497 e. The van der Waals surface area contributed by atoms with Crippen molar-refractivity contribution in [2.75, 3.05) is 20.8 Å². The average Bonchev–Trinajstić information content (AvgIpc) is 2.80. The minimum Gasteiger partial charge on any atom is -0.497 e. The van der Waals surface area contributed by atoms with Gasteiger partial charge in [-0.25, -0.2) is 9.78 Å². The third kappa shape index (κ3) is 5.91. The number of aromatic nitrogens is 1. The van der Waals surface area contributed by atoms with E-state index in [1.54, 1.807) is 14.0 Å². The standard InChI is InChI=1S/C23H29NO9/c1-12-9-13(2)24-21(16(12)10-14-5-7-15(29-3)8-6-14)33-22-20(27)19(26)18(25)17(32-22)11-31-23(28)30-4/h5-9,17-20,22,25-27H,10-11H2,1-4H3/t17-,18-,19+,20-,22+/m1/s1. The Morgan fingerprint density at radius 2 is 1.76 bits per heavy atom. The predicted molar refractivity (Wildman–Crippen MR) is 115 cm³/mol. The van der Waals surface area contributed by atoms with Crippen LogP contribution in [0.4, 0.5) is 4.79 Å². The molecule has 1 saturated heterocycles. The van der Waals surface area contributed by atoms with Gasteiger partial charge in [-0.1, -0.05) is 12.1 Å². The van der Waals surface area contributed by atoms with Gasteiger partial charge in [0.2, 0.25) is 12.2 Å². The molecule has 1 aliphatic heterocycles. The Balaban J connectivity index is 1.83. The zero-order valence-electron chi connectivity index (χ0n) is 18.9. The molecule has 0 spiro atoms. The van der Waals surface area contributed by atoms with Crippen molar-refractivity contribution in [3.8, 4) is 11.6 Å². The van der Waals surface area contributed by atoms with Gasteiger partial charge in [-0.15, -0.1) is 0 Å². The van der Waals surface area contributed by atoms with Crippen LogP contribution in [0.5, 0.6) is 11.6 Å². The average molecular weight is 463 g/mol. The molecule has 0 amide bonds. The summed E-state index contributed by atoms with van der Waals surface area (Å²) in [6.07, 6.45) is -7.66. The lowest BCUT2D eigenvalue weighted by Crippen LogP contribution is -2.60. The molecule has 2 heterocycles. The van der Waals surface area contributed by atoms with Crippen LogP contribution in [-0.2, 0) is 20.6 Å². The molecule has 0 saturated carbocycles. The van der Waals surface area contributed by atoms with Crippen LogP contribution in [0.15, 0.2) is 30.3 Å². The molecule has 2 aromatic rings. The summed E-state index contributed by atoms with van der Waals surface area (Å²) in [6.45, 7) is 3.32. The summed E-state index contributed by atoms with van der Waals surface area (Å²) < 4.78 is 26.0. The molecule has 10 heteroatoms. The van der Waals surface area contributed by atoms with Crippen LogP contribution in [0.1, 0.15) is 22.4 Å². The van der Waals surface area contributed by atoms with Crippen LogP contribution in [0.2, 0.25) is 0 Å². The Morgan fingerprint density at radius 3 is 2.39 bits per heavy atom. The molecule has 1 aromatic carbocycles. The molecular formula is C23H29NO9. The van der Waals surface area contributed by atoms with Crippen molar-refractivity contribution in [3.63, 3.8) is 0 Å². The topological polar surface area (TPSA) is 137 Å². The number of benzene rings is 1. The van der Waals surface area contributed by atoms with Crippen LogP contribution in [0, 0.1) is 13.8 Å². The number of aryl methyl sites for hydroxylation is 2. The first-order valence-electron chi connectivity index (χ1n) is 10.4. The molecule has 0 radical (unpaired) electrons. The van der Waals surface area contributed by atoms with Crippen molar-refractivity contribution >= 4 is 6.16 Å². The van der Waals surface area contributed by atoms with E-state index in [0.717, 1.165) is 29.5 Å². The van der Waals surface area contributed by atoms with E-state index in [0.29, 0.717) is 12.1 Å². The van der Waals surface area contributed by atoms with Crippen molar-refractivity contribution in [1.82, 2.24) is 4.98 Å². The fourth-order valence-corrected chi connectivity index (χ4v) is 3.56. The minimum atomic E-state index is -1.59. The number of aliphatic hydroxyl groups excluding tert-OH is 3. The molecule has 1 fully saturated rings. The zero-order chi connectivity index (χ0) is 24.1. The number of carbonyl (C=O) groups excluding carboxylic acids is 1. The Morgan fingerprint density at radius 1 is 1.06 bits per heavy atom. The SMILES string of the molecule is COC(=O)OC[C@H]1O[C@@H](Oc2nc(C)cc(C)c2Cc2ccc(OC)cc2)[C@H](O)[C@@H](O)[C@@H]1O. The number of hydrogen-bond acceptors (Lipinski definition) is 10. The summed E-state index contributed by atoms with van der Waals surface area (Å²) in [5.74, 6) is 0.962. The summed E-state index contributed by atoms with van der Waals surface area (Å²) in [5, 5.41) is 30.9. The van der Waals surface area contributed by atoms with Crippen molar-refractivity contribution < 1.29 is 43.8 Å². The fourth-order valence-electron chi connectivity index (χ4n) is 3.56. The molecule has 1 aliphatic rings. The van der Waals surface area contributed by atoms with E-state index in [9.17, 15) is 20.1 Å². The van der Waals surface area contributed by atoms with Crippen molar-refractivity contribution in [2.45, 2.75) is 51.0 Å². The Hall–Kier alpha value is -2.92. The molecule has 3 N–H and O–H groups in total. The van der Waals surface area contributed by atoms with Crippen molar-refractivity contribution in [1.29, 1.82) is 0 Å². The number of rotatable bonds is 7. The largest absolute Gasteiger partial charge is 0.508 e.